The SMILES string of the molecule is N#Cc1ccc(Nc2cccc3c2C(=O)c2cccc(Nc4ccc(C#N)cc4)c2C3=O)cc1. The summed E-state index contributed by atoms with van der Waals surface area (Å²) >= 11 is 0. The van der Waals surface area contributed by atoms with Crippen LogP contribution in [0.4, 0.5) is 22.7 Å². The summed E-state index contributed by atoms with van der Waals surface area (Å²) < 4.78 is 0. The van der Waals surface area contributed by atoms with E-state index in [-0.39, 0.29) is 11.6 Å². The largest absolute Gasteiger partial charge is 0.355 e. The fraction of sp³-hybridized carbons (Fsp3) is 0. The number of fused-ring (bicyclic) bond motifs is 2. The highest BCUT2D eigenvalue weighted by molar-refractivity contribution is 6.32. The van der Waals surface area contributed by atoms with E-state index in [0.717, 1.165) is 0 Å². The molecule has 0 unspecified atom stereocenters. The zero-order valence-corrected chi connectivity index (χ0v) is 17.8. The molecule has 4 aromatic carbocycles. The van der Waals surface area contributed by atoms with E-state index < -0.39 is 0 Å². The predicted octanol–water partition coefficient (Wildman–Crippen LogP) is 5.69. The van der Waals surface area contributed by atoms with Crippen LogP contribution < -0.4 is 10.6 Å². The van der Waals surface area contributed by atoms with Crippen molar-refractivity contribution in [2.24, 2.45) is 0 Å². The monoisotopic (exact) mass is 440 g/mol. The zero-order valence-electron chi connectivity index (χ0n) is 17.8. The number of carbonyl (C=O) groups is 2. The van der Waals surface area contributed by atoms with Crippen LogP contribution in [0.1, 0.15) is 43.0 Å². The molecule has 160 valence electrons. The van der Waals surface area contributed by atoms with Crippen molar-refractivity contribution in [3.63, 3.8) is 0 Å². The summed E-state index contributed by atoms with van der Waals surface area (Å²) in [7, 11) is 0. The van der Waals surface area contributed by atoms with Gasteiger partial charge in [0.2, 0.25) is 0 Å². The Bertz CT molecular complexity index is 1420. The second-order valence-electron chi connectivity index (χ2n) is 7.74. The number of nitrogens with one attached hydrogen (secondary N) is 2. The first-order chi connectivity index (χ1) is 16.6. The first-order valence-corrected chi connectivity index (χ1v) is 10.5. The molecule has 0 aliphatic heterocycles. The van der Waals surface area contributed by atoms with Gasteiger partial charge in [0.1, 0.15) is 0 Å². The number of carbonyl (C=O) groups excluding carboxylic acids is 2. The van der Waals surface area contributed by atoms with Gasteiger partial charge in [-0.1, -0.05) is 24.3 Å². The Kier molecular flexibility index (Phi) is 5.10. The van der Waals surface area contributed by atoms with E-state index in [2.05, 4.69) is 22.8 Å². The molecule has 0 radical (unpaired) electrons. The summed E-state index contributed by atoms with van der Waals surface area (Å²) in [5.74, 6) is -0.491. The topological polar surface area (TPSA) is 106 Å². The lowest BCUT2D eigenvalue weighted by atomic mass is 9.82. The standard InChI is InChI=1S/C28H16N4O2/c29-15-17-7-11-19(12-8-17)31-23-5-1-3-21-25(23)28(34)22-4-2-6-24(26(22)27(21)33)32-20-13-9-18(16-30)10-14-20/h1-14,31-32H. The first kappa shape index (κ1) is 20.7. The number of benzene rings is 4. The quantitative estimate of drug-likeness (QED) is 0.372. The summed E-state index contributed by atoms with van der Waals surface area (Å²) in [5.41, 5.74) is 4.80. The highest BCUT2D eigenvalue weighted by Gasteiger charge is 2.33. The molecule has 0 atom stereocenters. The second kappa shape index (κ2) is 8.38. The van der Waals surface area contributed by atoms with Crippen LogP contribution in [0.3, 0.4) is 0 Å². The van der Waals surface area contributed by atoms with Crippen molar-refractivity contribution in [2.45, 2.75) is 0 Å². The Morgan fingerprint density at radius 2 is 0.912 bits per heavy atom. The van der Waals surface area contributed by atoms with Crippen molar-refractivity contribution < 1.29 is 9.59 Å². The van der Waals surface area contributed by atoms with Gasteiger partial charge in [-0.05, 0) is 60.7 Å². The average Bonchev–Trinajstić information content (AvgIpc) is 2.88. The Balaban J connectivity index is 1.53. The molecule has 0 saturated carbocycles. The van der Waals surface area contributed by atoms with E-state index in [1.165, 1.54) is 0 Å². The van der Waals surface area contributed by atoms with Crippen LogP contribution in [0.5, 0.6) is 0 Å². The van der Waals surface area contributed by atoms with Gasteiger partial charge in [0, 0.05) is 22.5 Å². The van der Waals surface area contributed by atoms with Crippen molar-refractivity contribution in [1.29, 1.82) is 10.5 Å². The zero-order chi connectivity index (χ0) is 23.7. The molecule has 1 aliphatic carbocycles. The molecule has 0 bridgehead atoms. The van der Waals surface area contributed by atoms with Gasteiger partial charge in [0.05, 0.1) is 45.8 Å². The molecule has 1 aliphatic rings. The third kappa shape index (κ3) is 3.56. The number of hydrogen-bond acceptors (Lipinski definition) is 6. The van der Waals surface area contributed by atoms with Gasteiger partial charge in [-0.25, -0.2) is 0 Å². The molecule has 6 heteroatoms. The molecule has 0 heterocycles. The predicted molar refractivity (Wildman–Crippen MR) is 129 cm³/mol. The van der Waals surface area contributed by atoms with Gasteiger partial charge in [-0.3, -0.25) is 9.59 Å². The fourth-order valence-corrected chi connectivity index (χ4v) is 4.02. The molecule has 0 aromatic heterocycles. The van der Waals surface area contributed by atoms with Crippen molar-refractivity contribution in [3.8, 4) is 12.1 Å². The molecule has 5 rings (SSSR count). The van der Waals surface area contributed by atoms with Crippen molar-refractivity contribution in [1.82, 2.24) is 0 Å². The van der Waals surface area contributed by atoms with Gasteiger partial charge >= 0.3 is 0 Å². The maximum Gasteiger partial charge on any atom is 0.196 e. The molecule has 4 aromatic rings. The van der Waals surface area contributed by atoms with Crippen LogP contribution in [0, 0.1) is 22.7 Å². The van der Waals surface area contributed by atoms with Crippen LogP contribution in [-0.2, 0) is 0 Å². The van der Waals surface area contributed by atoms with Crippen molar-refractivity contribution in [3.05, 3.63) is 118 Å². The summed E-state index contributed by atoms with van der Waals surface area (Å²) in [6.07, 6.45) is 0. The number of nitriles is 2. The summed E-state index contributed by atoms with van der Waals surface area (Å²) in [6, 6.07) is 28.2. The lowest BCUT2D eigenvalue weighted by molar-refractivity contribution is 0.0980. The molecule has 0 saturated heterocycles. The second-order valence-corrected chi connectivity index (χ2v) is 7.74. The maximum absolute atomic E-state index is 13.6. The Morgan fingerprint density at radius 1 is 0.529 bits per heavy atom. The highest BCUT2D eigenvalue weighted by Crippen LogP contribution is 2.37. The molecular weight excluding hydrogens is 424 g/mol. The minimum absolute atomic E-state index is 0.246. The van der Waals surface area contributed by atoms with E-state index in [0.29, 0.717) is 56.1 Å². The Hall–Kier alpha value is -5.20. The van der Waals surface area contributed by atoms with Crippen molar-refractivity contribution in [2.75, 3.05) is 10.6 Å². The molecule has 2 N–H and O–H groups in total. The number of nitrogens with zero attached hydrogens (tertiary/aromatic N) is 2. The van der Waals surface area contributed by atoms with Crippen LogP contribution in [-0.4, -0.2) is 11.6 Å². The molecule has 34 heavy (non-hydrogen) atoms. The lowest BCUT2D eigenvalue weighted by Crippen LogP contribution is -2.23. The molecular formula is C28H16N4O2. The van der Waals surface area contributed by atoms with Gasteiger partial charge < -0.3 is 10.6 Å². The first-order valence-electron chi connectivity index (χ1n) is 10.5. The smallest absolute Gasteiger partial charge is 0.196 e. The minimum atomic E-state index is -0.246. The van der Waals surface area contributed by atoms with Gasteiger partial charge in [-0.2, -0.15) is 10.5 Å². The van der Waals surface area contributed by atoms with Gasteiger partial charge in [0.15, 0.2) is 11.6 Å². The van der Waals surface area contributed by atoms with E-state index in [1.807, 2.05) is 0 Å². The minimum Gasteiger partial charge on any atom is -0.355 e. The normalized spacial score (nSPS) is 11.6. The number of rotatable bonds is 4. The highest BCUT2D eigenvalue weighted by atomic mass is 16.1. The molecule has 0 amide bonds. The maximum atomic E-state index is 13.6. The fourth-order valence-electron chi connectivity index (χ4n) is 4.02. The van der Waals surface area contributed by atoms with E-state index >= 15 is 0 Å². The number of ketones is 2. The van der Waals surface area contributed by atoms with Crippen molar-refractivity contribution >= 4 is 34.3 Å². The van der Waals surface area contributed by atoms with Gasteiger partial charge in [-0.15, -0.1) is 0 Å². The van der Waals surface area contributed by atoms with Crippen LogP contribution in [0.25, 0.3) is 0 Å². The van der Waals surface area contributed by atoms with Gasteiger partial charge in [0.25, 0.3) is 0 Å². The van der Waals surface area contributed by atoms with Crippen LogP contribution in [0.2, 0.25) is 0 Å². The summed E-state index contributed by atoms with van der Waals surface area (Å²) in [6.45, 7) is 0. The number of anilines is 4. The average molecular weight is 440 g/mol. The molecule has 0 spiro atoms. The van der Waals surface area contributed by atoms with Crippen LogP contribution >= 0.6 is 0 Å². The third-order valence-electron chi connectivity index (χ3n) is 5.66. The van der Waals surface area contributed by atoms with E-state index in [9.17, 15) is 9.59 Å². The molecule has 0 fully saturated rings. The summed E-state index contributed by atoms with van der Waals surface area (Å²) in [5, 5.41) is 24.4. The van der Waals surface area contributed by atoms with E-state index in [4.69, 9.17) is 10.5 Å². The molecule has 6 nitrogen and oxygen atoms in total. The van der Waals surface area contributed by atoms with E-state index in [1.54, 1.807) is 84.9 Å². The Morgan fingerprint density at radius 3 is 1.26 bits per heavy atom. The summed E-state index contributed by atoms with van der Waals surface area (Å²) in [4.78, 5) is 27.1. The lowest BCUT2D eigenvalue weighted by Gasteiger charge is -2.23. The third-order valence-corrected chi connectivity index (χ3v) is 5.66. The van der Waals surface area contributed by atoms with Crippen LogP contribution in [0.15, 0.2) is 84.9 Å². The Labute approximate surface area is 195 Å². The number of hydrogen-bond donors (Lipinski definition) is 2.